The summed E-state index contributed by atoms with van der Waals surface area (Å²) in [5.74, 6) is -0.371. The molecule has 1 saturated carbocycles. The third-order valence-corrected chi connectivity index (χ3v) is 2.57. The van der Waals surface area contributed by atoms with Gasteiger partial charge in [0.2, 0.25) is 5.91 Å². The SMILES string of the molecule is CC(C)C(=O)[C@@H]1CC[C@@H]1C(N)=O. The number of rotatable bonds is 3. The smallest absolute Gasteiger partial charge is 0.221 e. The summed E-state index contributed by atoms with van der Waals surface area (Å²) in [4.78, 5) is 22.2. The second kappa shape index (κ2) is 3.25. The molecule has 1 rings (SSSR count). The lowest BCUT2D eigenvalue weighted by molar-refractivity contribution is -0.139. The van der Waals surface area contributed by atoms with E-state index in [1.807, 2.05) is 13.8 Å². The van der Waals surface area contributed by atoms with Gasteiger partial charge in [0.25, 0.3) is 0 Å². The van der Waals surface area contributed by atoms with Gasteiger partial charge in [0.05, 0.1) is 0 Å². The Morgan fingerprint density at radius 3 is 2.00 bits per heavy atom. The van der Waals surface area contributed by atoms with Gasteiger partial charge in [0.15, 0.2) is 0 Å². The topological polar surface area (TPSA) is 60.2 Å². The number of hydrogen-bond donors (Lipinski definition) is 1. The second-order valence-corrected chi connectivity index (χ2v) is 3.75. The number of ketones is 1. The van der Waals surface area contributed by atoms with Crippen molar-refractivity contribution in [3.8, 4) is 0 Å². The molecule has 1 aliphatic carbocycles. The minimum absolute atomic E-state index is 0.0251. The van der Waals surface area contributed by atoms with Crippen LogP contribution in [0.2, 0.25) is 0 Å². The highest BCUT2D eigenvalue weighted by Crippen LogP contribution is 2.36. The highest BCUT2D eigenvalue weighted by Gasteiger charge is 2.40. The Morgan fingerprint density at radius 2 is 1.75 bits per heavy atom. The Hall–Kier alpha value is -0.860. The van der Waals surface area contributed by atoms with E-state index in [1.54, 1.807) is 0 Å². The van der Waals surface area contributed by atoms with E-state index < -0.39 is 0 Å². The number of primary amides is 1. The zero-order chi connectivity index (χ0) is 9.30. The molecule has 1 amide bonds. The van der Waals surface area contributed by atoms with E-state index in [9.17, 15) is 9.59 Å². The van der Waals surface area contributed by atoms with Crippen molar-refractivity contribution in [2.24, 2.45) is 23.5 Å². The molecule has 2 N–H and O–H groups in total. The van der Waals surface area contributed by atoms with Crippen molar-refractivity contribution in [2.75, 3.05) is 0 Å². The van der Waals surface area contributed by atoms with Crippen molar-refractivity contribution in [3.05, 3.63) is 0 Å². The number of hydrogen-bond acceptors (Lipinski definition) is 2. The largest absolute Gasteiger partial charge is 0.369 e. The van der Waals surface area contributed by atoms with Gasteiger partial charge in [-0.3, -0.25) is 9.59 Å². The van der Waals surface area contributed by atoms with Crippen LogP contribution in [0.3, 0.4) is 0 Å². The summed E-state index contributed by atoms with van der Waals surface area (Å²) < 4.78 is 0. The van der Waals surface area contributed by atoms with Crippen LogP contribution in [0.1, 0.15) is 26.7 Å². The molecule has 3 heteroatoms. The fourth-order valence-electron chi connectivity index (χ4n) is 1.61. The van der Waals surface area contributed by atoms with Crippen LogP contribution in [0.15, 0.2) is 0 Å². The molecule has 0 heterocycles. The zero-order valence-corrected chi connectivity index (χ0v) is 7.54. The molecule has 0 aromatic carbocycles. The lowest BCUT2D eigenvalue weighted by Gasteiger charge is -2.33. The zero-order valence-electron chi connectivity index (χ0n) is 7.54. The highest BCUT2D eigenvalue weighted by atomic mass is 16.1. The first-order chi connectivity index (χ1) is 5.54. The van der Waals surface area contributed by atoms with E-state index in [2.05, 4.69) is 0 Å². The van der Waals surface area contributed by atoms with Crippen molar-refractivity contribution < 1.29 is 9.59 Å². The van der Waals surface area contributed by atoms with Crippen molar-refractivity contribution in [2.45, 2.75) is 26.7 Å². The molecule has 0 aromatic rings. The Bertz CT molecular complexity index is 211. The second-order valence-electron chi connectivity index (χ2n) is 3.75. The summed E-state index contributed by atoms with van der Waals surface area (Å²) in [6, 6.07) is 0. The minimum atomic E-state index is -0.319. The third kappa shape index (κ3) is 1.49. The third-order valence-electron chi connectivity index (χ3n) is 2.57. The van der Waals surface area contributed by atoms with Gasteiger partial charge < -0.3 is 5.73 Å². The Balaban J connectivity index is 2.55. The Labute approximate surface area is 72.3 Å². The maximum absolute atomic E-state index is 11.4. The molecule has 0 bridgehead atoms. The van der Waals surface area contributed by atoms with Gasteiger partial charge in [-0.1, -0.05) is 13.8 Å². The van der Waals surface area contributed by atoms with Gasteiger partial charge in [0.1, 0.15) is 5.78 Å². The summed E-state index contributed by atoms with van der Waals surface area (Å²) in [5.41, 5.74) is 5.13. The molecule has 12 heavy (non-hydrogen) atoms. The fraction of sp³-hybridized carbons (Fsp3) is 0.778. The van der Waals surface area contributed by atoms with Crippen LogP contribution in [-0.4, -0.2) is 11.7 Å². The van der Waals surface area contributed by atoms with Crippen LogP contribution >= 0.6 is 0 Å². The molecule has 0 spiro atoms. The summed E-state index contributed by atoms with van der Waals surface area (Å²) in [6.07, 6.45) is 1.63. The molecule has 3 nitrogen and oxygen atoms in total. The van der Waals surface area contributed by atoms with Crippen molar-refractivity contribution in [3.63, 3.8) is 0 Å². The first-order valence-electron chi connectivity index (χ1n) is 4.37. The van der Waals surface area contributed by atoms with Crippen LogP contribution < -0.4 is 5.73 Å². The van der Waals surface area contributed by atoms with E-state index in [0.717, 1.165) is 12.8 Å². The molecule has 68 valence electrons. The summed E-state index contributed by atoms with van der Waals surface area (Å²) >= 11 is 0. The first kappa shape index (κ1) is 9.23. The van der Waals surface area contributed by atoms with Crippen molar-refractivity contribution >= 4 is 11.7 Å². The molecule has 1 fully saturated rings. The number of carbonyl (C=O) groups excluding carboxylic acids is 2. The Kier molecular flexibility index (Phi) is 2.50. The molecule has 1 aliphatic rings. The average molecular weight is 169 g/mol. The molecule has 2 atom stereocenters. The van der Waals surface area contributed by atoms with Crippen LogP contribution in [-0.2, 0) is 9.59 Å². The molecular weight excluding hydrogens is 154 g/mol. The predicted octanol–water partition coefficient (Wildman–Crippen LogP) is 0.723. The number of nitrogens with two attached hydrogens (primary N) is 1. The molecule has 0 aromatic heterocycles. The molecular formula is C9H15NO2. The monoisotopic (exact) mass is 169 g/mol. The fourth-order valence-corrected chi connectivity index (χ4v) is 1.61. The van der Waals surface area contributed by atoms with Gasteiger partial charge >= 0.3 is 0 Å². The van der Waals surface area contributed by atoms with Gasteiger partial charge in [0, 0.05) is 17.8 Å². The van der Waals surface area contributed by atoms with Crippen LogP contribution in [0.25, 0.3) is 0 Å². The molecule has 0 aliphatic heterocycles. The van der Waals surface area contributed by atoms with Gasteiger partial charge in [-0.2, -0.15) is 0 Å². The van der Waals surface area contributed by atoms with Crippen LogP contribution in [0, 0.1) is 17.8 Å². The van der Waals surface area contributed by atoms with Gasteiger partial charge in [-0.05, 0) is 12.8 Å². The number of Topliss-reactive ketones (excluding diaryl/α,β-unsaturated/α-hetero) is 1. The van der Waals surface area contributed by atoms with E-state index in [-0.39, 0.29) is 29.4 Å². The van der Waals surface area contributed by atoms with E-state index in [0.29, 0.717) is 0 Å². The highest BCUT2D eigenvalue weighted by molar-refractivity contribution is 5.90. The maximum Gasteiger partial charge on any atom is 0.221 e. The molecule has 0 radical (unpaired) electrons. The van der Waals surface area contributed by atoms with Crippen LogP contribution in [0.4, 0.5) is 0 Å². The van der Waals surface area contributed by atoms with Crippen molar-refractivity contribution in [1.29, 1.82) is 0 Å². The van der Waals surface area contributed by atoms with Crippen molar-refractivity contribution in [1.82, 2.24) is 0 Å². The summed E-state index contributed by atoms with van der Waals surface area (Å²) in [7, 11) is 0. The lowest BCUT2D eigenvalue weighted by Crippen LogP contribution is -2.42. The first-order valence-corrected chi connectivity index (χ1v) is 4.37. The van der Waals surface area contributed by atoms with E-state index in [1.165, 1.54) is 0 Å². The Morgan fingerprint density at radius 1 is 1.25 bits per heavy atom. The summed E-state index contributed by atoms with van der Waals surface area (Å²) in [5, 5.41) is 0. The van der Waals surface area contributed by atoms with Gasteiger partial charge in [-0.25, -0.2) is 0 Å². The quantitative estimate of drug-likeness (QED) is 0.676. The number of carbonyl (C=O) groups is 2. The normalized spacial score (nSPS) is 28.2. The standard InChI is InChI=1S/C9H15NO2/c1-5(2)8(11)6-3-4-7(6)9(10)12/h5-7H,3-4H2,1-2H3,(H2,10,12)/t6-,7+/m1/s1. The molecule has 0 saturated heterocycles. The predicted molar refractivity (Wildman–Crippen MR) is 45.3 cm³/mol. The van der Waals surface area contributed by atoms with Crippen LogP contribution in [0.5, 0.6) is 0 Å². The maximum atomic E-state index is 11.4. The molecule has 0 unspecified atom stereocenters. The lowest BCUT2D eigenvalue weighted by atomic mass is 9.69. The average Bonchev–Trinajstić information content (AvgIpc) is 1.82. The van der Waals surface area contributed by atoms with Gasteiger partial charge in [-0.15, -0.1) is 0 Å². The minimum Gasteiger partial charge on any atom is -0.369 e. The van der Waals surface area contributed by atoms with E-state index >= 15 is 0 Å². The number of amides is 1. The van der Waals surface area contributed by atoms with E-state index in [4.69, 9.17) is 5.73 Å². The summed E-state index contributed by atoms with van der Waals surface area (Å²) in [6.45, 7) is 3.72.